The van der Waals surface area contributed by atoms with Crippen molar-refractivity contribution >= 4 is 11.6 Å². The predicted octanol–water partition coefficient (Wildman–Crippen LogP) is 5.07. The van der Waals surface area contributed by atoms with Crippen LogP contribution in [0.25, 0.3) is 0 Å². The highest BCUT2D eigenvalue weighted by Gasteiger charge is 2.66. The second-order valence-electron chi connectivity index (χ2n) is 7.42. The van der Waals surface area contributed by atoms with E-state index in [0.29, 0.717) is 23.4 Å². The summed E-state index contributed by atoms with van der Waals surface area (Å²) in [6.07, 6.45) is 1.78. The van der Waals surface area contributed by atoms with E-state index in [1.54, 1.807) is 12.1 Å². The van der Waals surface area contributed by atoms with E-state index in [2.05, 4.69) is 39.9 Å². The molecule has 0 radical (unpaired) electrons. The highest BCUT2D eigenvalue weighted by atomic mass is 35.5. The van der Waals surface area contributed by atoms with E-state index in [1.807, 2.05) is 0 Å². The summed E-state index contributed by atoms with van der Waals surface area (Å²) in [6.45, 7) is 12.4. The number of nitrogens with one attached hydrogen (secondary N) is 1. The molecular weight excluding hydrogens is 285 g/mol. The molecule has 0 heterocycles. The molecule has 0 bridgehead atoms. The number of rotatable bonds is 6. The van der Waals surface area contributed by atoms with Crippen molar-refractivity contribution in [1.82, 2.24) is 5.32 Å². The normalized spacial score (nSPS) is 21.3. The summed E-state index contributed by atoms with van der Waals surface area (Å²) in [5.41, 5.74) is 1.29. The Labute approximate surface area is 133 Å². The van der Waals surface area contributed by atoms with Crippen LogP contribution >= 0.6 is 11.6 Å². The Morgan fingerprint density at radius 3 is 2.38 bits per heavy atom. The smallest absolute Gasteiger partial charge is 0.126 e. The second-order valence-corrected chi connectivity index (χ2v) is 7.86. The molecule has 0 aromatic heterocycles. The lowest BCUT2D eigenvalue weighted by Gasteiger charge is -2.21. The molecule has 0 amide bonds. The van der Waals surface area contributed by atoms with Crippen LogP contribution in [0.15, 0.2) is 18.2 Å². The Bertz CT molecular complexity index is 496. The van der Waals surface area contributed by atoms with Crippen LogP contribution in [0, 0.1) is 22.6 Å². The fourth-order valence-electron chi connectivity index (χ4n) is 3.83. The Kier molecular flexibility index (Phi) is 4.70. The molecule has 21 heavy (non-hydrogen) atoms. The summed E-state index contributed by atoms with van der Waals surface area (Å²) in [5, 5.41) is 4.23. The van der Waals surface area contributed by atoms with Crippen molar-refractivity contribution in [3.63, 3.8) is 0 Å². The second kappa shape index (κ2) is 5.89. The van der Waals surface area contributed by atoms with Crippen LogP contribution in [0.2, 0.25) is 5.02 Å². The van der Waals surface area contributed by atoms with Crippen molar-refractivity contribution in [2.75, 3.05) is 6.54 Å². The van der Waals surface area contributed by atoms with Gasteiger partial charge in [-0.25, -0.2) is 4.39 Å². The maximum atomic E-state index is 14.0. The molecule has 1 atom stereocenters. The van der Waals surface area contributed by atoms with E-state index in [0.717, 1.165) is 18.5 Å². The van der Waals surface area contributed by atoms with E-state index in [1.165, 1.54) is 6.07 Å². The molecular formula is C18H27ClFN. The monoisotopic (exact) mass is 311 g/mol. The highest BCUT2D eigenvalue weighted by Crippen LogP contribution is 2.69. The van der Waals surface area contributed by atoms with Gasteiger partial charge in [-0.3, -0.25) is 0 Å². The molecule has 1 aromatic carbocycles. The van der Waals surface area contributed by atoms with Gasteiger partial charge >= 0.3 is 0 Å². The minimum Gasteiger partial charge on any atom is -0.313 e. The van der Waals surface area contributed by atoms with Gasteiger partial charge in [-0.15, -0.1) is 0 Å². The van der Waals surface area contributed by atoms with Gasteiger partial charge in [0.15, 0.2) is 0 Å². The van der Waals surface area contributed by atoms with Crippen LogP contribution in [0.5, 0.6) is 0 Å². The van der Waals surface area contributed by atoms with E-state index < -0.39 is 0 Å². The largest absolute Gasteiger partial charge is 0.313 e. The van der Waals surface area contributed by atoms with Gasteiger partial charge in [-0.2, -0.15) is 0 Å². The first-order chi connectivity index (χ1) is 9.71. The Morgan fingerprint density at radius 1 is 1.24 bits per heavy atom. The molecule has 1 saturated carbocycles. The molecule has 1 N–H and O–H groups in total. The first-order valence-corrected chi connectivity index (χ1v) is 8.27. The van der Waals surface area contributed by atoms with E-state index in [9.17, 15) is 4.39 Å². The van der Waals surface area contributed by atoms with Gasteiger partial charge in [0, 0.05) is 11.1 Å². The number of hydrogen-bond acceptors (Lipinski definition) is 1. The summed E-state index contributed by atoms with van der Waals surface area (Å²) in [4.78, 5) is 0. The molecule has 1 aliphatic carbocycles. The molecule has 1 unspecified atom stereocenters. The predicted molar refractivity (Wildman–Crippen MR) is 88.2 cm³/mol. The van der Waals surface area contributed by atoms with Crippen molar-refractivity contribution in [3.8, 4) is 0 Å². The van der Waals surface area contributed by atoms with Crippen LogP contribution in [-0.2, 0) is 6.42 Å². The summed E-state index contributed by atoms with van der Waals surface area (Å²) >= 11 is 6.02. The lowest BCUT2D eigenvalue weighted by atomic mass is 9.96. The van der Waals surface area contributed by atoms with Crippen LogP contribution in [-0.4, -0.2) is 12.6 Å². The minimum absolute atomic E-state index is 0.154. The summed E-state index contributed by atoms with van der Waals surface area (Å²) < 4.78 is 14.0. The van der Waals surface area contributed by atoms with Crippen LogP contribution < -0.4 is 5.32 Å². The van der Waals surface area contributed by atoms with E-state index in [-0.39, 0.29) is 16.6 Å². The third kappa shape index (κ3) is 3.12. The van der Waals surface area contributed by atoms with Crippen LogP contribution in [0.3, 0.4) is 0 Å². The zero-order chi connectivity index (χ0) is 15.8. The number of hydrogen-bond donors (Lipinski definition) is 1. The minimum atomic E-state index is -0.154. The third-order valence-corrected chi connectivity index (χ3v) is 5.87. The van der Waals surface area contributed by atoms with Crippen molar-refractivity contribution in [2.45, 2.75) is 53.5 Å². The van der Waals surface area contributed by atoms with Crippen molar-refractivity contribution in [3.05, 3.63) is 34.6 Å². The third-order valence-electron chi connectivity index (χ3n) is 5.64. The molecule has 0 saturated heterocycles. The Balaban J connectivity index is 2.20. The van der Waals surface area contributed by atoms with Gasteiger partial charge in [0.1, 0.15) is 5.82 Å². The molecule has 1 fully saturated rings. The fraction of sp³-hybridized carbons (Fsp3) is 0.667. The molecule has 1 aliphatic rings. The molecule has 0 aliphatic heterocycles. The quantitative estimate of drug-likeness (QED) is 0.773. The Morgan fingerprint density at radius 2 is 1.86 bits per heavy atom. The fourth-order valence-corrected chi connectivity index (χ4v) is 4.02. The topological polar surface area (TPSA) is 12.0 Å². The van der Waals surface area contributed by atoms with Gasteiger partial charge in [-0.05, 0) is 59.9 Å². The average Bonchev–Trinajstić information content (AvgIpc) is 2.80. The lowest BCUT2D eigenvalue weighted by Crippen LogP contribution is -2.36. The van der Waals surface area contributed by atoms with Gasteiger partial charge < -0.3 is 5.32 Å². The molecule has 0 spiro atoms. The van der Waals surface area contributed by atoms with E-state index >= 15 is 0 Å². The van der Waals surface area contributed by atoms with Crippen molar-refractivity contribution in [2.24, 2.45) is 16.7 Å². The molecule has 1 aromatic rings. The summed E-state index contributed by atoms with van der Waals surface area (Å²) in [6, 6.07) is 5.14. The van der Waals surface area contributed by atoms with Gasteiger partial charge in [-0.1, -0.05) is 46.2 Å². The average molecular weight is 312 g/mol. The first-order valence-electron chi connectivity index (χ1n) is 7.89. The maximum absolute atomic E-state index is 14.0. The molecule has 1 nitrogen and oxygen atoms in total. The molecule has 2 rings (SSSR count). The van der Waals surface area contributed by atoms with Crippen molar-refractivity contribution < 1.29 is 4.39 Å². The SMILES string of the molecule is CCCNC(Cc1cc(Cl)ccc1F)C1C(C)(C)C1(C)C. The van der Waals surface area contributed by atoms with Crippen LogP contribution in [0.4, 0.5) is 4.39 Å². The van der Waals surface area contributed by atoms with Crippen molar-refractivity contribution in [1.29, 1.82) is 0 Å². The van der Waals surface area contributed by atoms with Gasteiger partial charge in [0.2, 0.25) is 0 Å². The highest BCUT2D eigenvalue weighted by molar-refractivity contribution is 6.30. The maximum Gasteiger partial charge on any atom is 0.126 e. The van der Waals surface area contributed by atoms with Gasteiger partial charge in [0.05, 0.1) is 0 Å². The van der Waals surface area contributed by atoms with Gasteiger partial charge in [0.25, 0.3) is 0 Å². The number of benzene rings is 1. The summed E-state index contributed by atoms with van der Waals surface area (Å²) in [7, 11) is 0. The zero-order valence-corrected chi connectivity index (χ0v) is 14.5. The van der Waals surface area contributed by atoms with Crippen LogP contribution in [0.1, 0.15) is 46.6 Å². The lowest BCUT2D eigenvalue weighted by molar-refractivity contribution is 0.391. The summed E-state index contributed by atoms with van der Waals surface area (Å²) in [5.74, 6) is 0.397. The first kappa shape index (κ1) is 16.8. The molecule has 118 valence electrons. The molecule has 3 heteroatoms. The standard InChI is InChI=1S/C18H27ClFN/c1-6-9-21-15(16-17(2,3)18(16,4)5)11-12-10-13(19)7-8-14(12)20/h7-8,10,15-16,21H,6,9,11H2,1-5H3. The van der Waals surface area contributed by atoms with E-state index in [4.69, 9.17) is 11.6 Å². The zero-order valence-electron chi connectivity index (χ0n) is 13.8. The number of halogens is 2. The Hall–Kier alpha value is -0.600.